The highest BCUT2D eigenvalue weighted by Gasteiger charge is 2.43. The van der Waals surface area contributed by atoms with E-state index in [1.807, 2.05) is 149 Å². The molecule has 2 N–H and O–H groups in total. The molecule has 2 amide bonds. The zero-order valence-corrected chi connectivity index (χ0v) is 27.6. The molecule has 0 aromatic heterocycles. The second-order valence-electron chi connectivity index (χ2n) is 12.5. The van der Waals surface area contributed by atoms with Crippen LogP contribution < -0.4 is 10.6 Å². The number of nitroso groups, excluding NO2 is 2. The van der Waals surface area contributed by atoms with E-state index in [0.717, 1.165) is 22.3 Å². The lowest BCUT2D eigenvalue weighted by Crippen LogP contribution is -2.39. The molecule has 8 atom stereocenters. The zero-order valence-electron chi connectivity index (χ0n) is 27.6. The molecule has 4 aromatic carbocycles. The van der Waals surface area contributed by atoms with Crippen LogP contribution in [0.25, 0.3) is 0 Å². The molecule has 0 unspecified atom stereocenters. The number of carbonyl (C=O) groups is 2. The van der Waals surface area contributed by atoms with Crippen molar-refractivity contribution in [1.82, 2.24) is 20.7 Å². The molecule has 6 rings (SSSR count). The molecule has 248 valence electrons. The summed E-state index contributed by atoms with van der Waals surface area (Å²) in [6, 6.07) is 36.7. The van der Waals surface area contributed by atoms with E-state index in [0.29, 0.717) is 0 Å². The van der Waals surface area contributed by atoms with Crippen molar-refractivity contribution in [2.75, 3.05) is 0 Å². The van der Waals surface area contributed by atoms with Gasteiger partial charge in [-0.05, 0) is 36.1 Å². The molecule has 0 spiro atoms. The average Bonchev–Trinajstić information content (AvgIpc) is 3.28. The van der Waals surface area contributed by atoms with Gasteiger partial charge in [0.2, 0.25) is 11.8 Å². The van der Waals surface area contributed by atoms with E-state index in [1.54, 1.807) is 0 Å². The van der Waals surface area contributed by atoms with Gasteiger partial charge in [0.25, 0.3) is 0 Å². The smallest absolute Gasteiger partial charge is 0.225 e. The number of nitrogens with zero attached hydrogens (tertiary/aromatic N) is 4. The molecule has 2 saturated heterocycles. The summed E-state index contributed by atoms with van der Waals surface area (Å²) >= 11 is 0. The fourth-order valence-electron chi connectivity index (χ4n) is 6.99. The highest BCUT2D eigenvalue weighted by Crippen LogP contribution is 2.41. The van der Waals surface area contributed by atoms with E-state index >= 15 is 0 Å². The van der Waals surface area contributed by atoms with Crippen LogP contribution in [0.3, 0.4) is 0 Å². The van der Waals surface area contributed by atoms with E-state index in [9.17, 15) is 19.4 Å². The highest BCUT2D eigenvalue weighted by atomic mass is 16.3. The lowest BCUT2D eigenvalue weighted by Gasteiger charge is -2.35. The summed E-state index contributed by atoms with van der Waals surface area (Å²) in [5, 5.41) is 15.8. The SMILES string of the molecule is C[C@@H]1NC(=O)[C@H](C)[C@@H](c2ccccc2)N(N=O)[C@H]1c1ccccc1.C[C@@H]1NC(=O)[C@H](C)[C@@H](c2ccccc2)N(N=O)[C@H]1c1ccccc1. The average molecular weight is 647 g/mol. The Balaban J connectivity index is 0.000000188. The van der Waals surface area contributed by atoms with E-state index in [4.69, 9.17) is 0 Å². The van der Waals surface area contributed by atoms with E-state index < -0.39 is 12.1 Å². The predicted octanol–water partition coefficient (Wildman–Crippen LogP) is 7.21. The summed E-state index contributed by atoms with van der Waals surface area (Å²) in [5.74, 6) is -0.908. The first-order valence-corrected chi connectivity index (χ1v) is 16.3. The van der Waals surface area contributed by atoms with Crippen molar-refractivity contribution in [3.8, 4) is 0 Å². The van der Waals surface area contributed by atoms with Crippen LogP contribution in [0.1, 0.15) is 74.1 Å². The monoisotopic (exact) mass is 646 g/mol. The van der Waals surface area contributed by atoms with E-state index in [1.165, 1.54) is 10.0 Å². The van der Waals surface area contributed by atoms with Crippen LogP contribution in [0, 0.1) is 21.6 Å². The molecule has 2 aliphatic rings. The minimum Gasteiger partial charge on any atom is -0.351 e. The molecule has 48 heavy (non-hydrogen) atoms. The summed E-state index contributed by atoms with van der Waals surface area (Å²) in [6.45, 7) is 7.50. The summed E-state index contributed by atoms with van der Waals surface area (Å²) in [6.07, 6.45) is 0. The van der Waals surface area contributed by atoms with Crippen molar-refractivity contribution >= 4 is 11.8 Å². The molecule has 2 fully saturated rings. The molecular formula is C38H42N6O4. The van der Waals surface area contributed by atoms with E-state index in [2.05, 4.69) is 21.2 Å². The van der Waals surface area contributed by atoms with Gasteiger partial charge in [-0.3, -0.25) is 9.59 Å². The van der Waals surface area contributed by atoms with Gasteiger partial charge in [-0.25, -0.2) is 10.0 Å². The molecule has 10 heteroatoms. The number of rotatable bonds is 6. The van der Waals surface area contributed by atoms with Gasteiger partial charge in [-0.15, -0.1) is 9.81 Å². The van der Waals surface area contributed by atoms with Crippen molar-refractivity contribution in [1.29, 1.82) is 0 Å². The molecule has 2 aliphatic heterocycles. The fraction of sp³-hybridized carbons (Fsp3) is 0.316. The Labute approximate surface area is 281 Å². The Bertz CT molecular complexity index is 1540. The first-order valence-electron chi connectivity index (χ1n) is 16.3. The second-order valence-corrected chi connectivity index (χ2v) is 12.5. The lowest BCUT2D eigenvalue weighted by atomic mass is 9.92. The molecule has 0 bridgehead atoms. The predicted molar refractivity (Wildman–Crippen MR) is 186 cm³/mol. The van der Waals surface area contributed by atoms with Gasteiger partial charge in [-0.1, -0.05) is 135 Å². The number of carbonyl (C=O) groups excluding carboxylic acids is 2. The number of hydrogen-bond acceptors (Lipinski definition) is 6. The summed E-state index contributed by atoms with van der Waals surface area (Å²) in [7, 11) is 0. The maximum Gasteiger partial charge on any atom is 0.225 e. The quantitative estimate of drug-likeness (QED) is 0.213. The summed E-state index contributed by atoms with van der Waals surface area (Å²) < 4.78 is 0. The highest BCUT2D eigenvalue weighted by molar-refractivity contribution is 5.80. The minimum atomic E-state index is -0.404. The normalized spacial score (nSPS) is 27.2. The van der Waals surface area contributed by atoms with Gasteiger partial charge in [0.15, 0.2) is 0 Å². The Morgan fingerprint density at radius 1 is 0.438 bits per heavy atom. The third kappa shape index (κ3) is 7.12. The third-order valence-electron chi connectivity index (χ3n) is 9.35. The number of hydrogen-bond donors (Lipinski definition) is 2. The minimum absolute atomic E-state index is 0.0663. The molecule has 10 nitrogen and oxygen atoms in total. The van der Waals surface area contributed by atoms with Crippen molar-refractivity contribution in [3.05, 3.63) is 153 Å². The number of amides is 2. The maximum atomic E-state index is 12.6. The molecule has 0 aliphatic carbocycles. The van der Waals surface area contributed by atoms with Gasteiger partial charge in [0.05, 0.1) is 58.7 Å². The van der Waals surface area contributed by atoms with Crippen LogP contribution >= 0.6 is 0 Å². The van der Waals surface area contributed by atoms with Crippen molar-refractivity contribution in [2.24, 2.45) is 22.4 Å². The van der Waals surface area contributed by atoms with Gasteiger partial charge >= 0.3 is 0 Å². The standard InChI is InChI=1S/2C19H21N3O2/c2*1-13-17(15-9-5-3-6-10-15)22(21-24)18(14(2)20-19(13)23)16-11-7-4-8-12-16/h2*3-14,17-18H,1-2H3,(H,20,23)/t2*13-,14+,17+,18-/m11/s1. The van der Waals surface area contributed by atoms with Gasteiger partial charge in [-0.2, -0.15) is 0 Å². The lowest BCUT2D eigenvalue weighted by molar-refractivity contribution is -0.126. The maximum absolute atomic E-state index is 12.6. The van der Waals surface area contributed by atoms with Crippen molar-refractivity contribution in [2.45, 2.75) is 63.9 Å². The first-order chi connectivity index (χ1) is 23.3. The summed E-state index contributed by atoms with van der Waals surface area (Å²) in [4.78, 5) is 48.8. The Morgan fingerprint density at radius 2 is 0.688 bits per heavy atom. The van der Waals surface area contributed by atoms with E-state index in [-0.39, 0.29) is 47.8 Å². The molecular weight excluding hydrogens is 604 g/mol. The Kier molecular flexibility index (Phi) is 10.9. The van der Waals surface area contributed by atoms with Crippen LogP contribution in [0.4, 0.5) is 0 Å². The number of nitrogens with one attached hydrogen (secondary N) is 2. The van der Waals surface area contributed by atoms with Crippen LogP contribution in [0.5, 0.6) is 0 Å². The van der Waals surface area contributed by atoms with Crippen molar-refractivity contribution < 1.29 is 9.59 Å². The molecule has 2 heterocycles. The van der Waals surface area contributed by atoms with Gasteiger partial charge in [0, 0.05) is 0 Å². The fourth-order valence-corrected chi connectivity index (χ4v) is 6.99. The van der Waals surface area contributed by atoms with Crippen molar-refractivity contribution in [3.63, 3.8) is 0 Å². The Hall–Kier alpha value is -5.38. The first kappa shape index (κ1) is 34.0. The van der Waals surface area contributed by atoms with Crippen LogP contribution in [-0.4, -0.2) is 33.9 Å². The number of benzene rings is 4. The molecule has 0 radical (unpaired) electrons. The van der Waals surface area contributed by atoms with Crippen LogP contribution in [0.15, 0.2) is 132 Å². The molecule has 4 aromatic rings. The van der Waals surface area contributed by atoms with Gasteiger partial charge < -0.3 is 10.6 Å². The third-order valence-corrected chi connectivity index (χ3v) is 9.35. The summed E-state index contributed by atoms with van der Waals surface area (Å²) in [5.41, 5.74) is 3.74. The van der Waals surface area contributed by atoms with Gasteiger partial charge in [0.1, 0.15) is 0 Å². The topological polar surface area (TPSA) is 124 Å². The van der Waals surface area contributed by atoms with Crippen LogP contribution in [0.2, 0.25) is 0 Å². The molecule has 0 saturated carbocycles. The second kappa shape index (κ2) is 15.5. The van der Waals surface area contributed by atoms with Crippen LogP contribution in [-0.2, 0) is 9.59 Å². The zero-order chi connectivity index (χ0) is 34.2. The Morgan fingerprint density at radius 3 is 0.938 bits per heavy atom. The largest absolute Gasteiger partial charge is 0.351 e.